The van der Waals surface area contributed by atoms with Gasteiger partial charge < -0.3 is 0 Å². The molecule has 6 heteroatoms. The van der Waals surface area contributed by atoms with Crippen LogP contribution in [-0.2, 0) is 0 Å². The van der Waals surface area contributed by atoms with Gasteiger partial charge in [-0.3, -0.25) is 14.8 Å². The van der Waals surface area contributed by atoms with Crippen molar-refractivity contribution in [1.29, 1.82) is 0 Å². The number of nitrogens with one attached hydrogen (secondary N) is 1. The van der Waals surface area contributed by atoms with E-state index in [1.165, 1.54) is 11.3 Å². The van der Waals surface area contributed by atoms with Gasteiger partial charge >= 0.3 is 0 Å². The highest BCUT2D eigenvalue weighted by Gasteiger charge is 2.19. The lowest BCUT2D eigenvalue weighted by atomic mass is 10.0. The molecule has 1 atom stereocenters. The third-order valence-electron chi connectivity index (χ3n) is 3.09. The van der Waals surface area contributed by atoms with Gasteiger partial charge in [-0.15, -0.1) is 0 Å². The Morgan fingerprint density at radius 2 is 2.05 bits per heavy atom. The molecule has 2 aromatic rings. The summed E-state index contributed by atoms with van der Waals surface area (Å²) in [5.74, 6) is 0. The molecular weight excluding hydrogens is 316 g/mol. The molecule has 118 valence electrons. The zero-order valence-corrected chi connectivity index (χ0v) is 14.8. The van der Waals surface area contributed by atoms with Crippen LogP contribution in [-0.4, -0.2) is 9.67 Å². The normalized spacial score (nSPS) is 13.1. The lowest BCUT2D eigenvalue weighted by Crippen LogP contribution is -2.19. The van der Waals surface area contributed by atoms with Crippen LogP contribution in [0.2, 0.25) is 0 Å². The van der Waals surface area contributed by atoms with E-state index in [4.69, 9.17) is 0 Å². The largest absolute Gasteiger partial charge is 0.277 e. The molecule has 0 bridgehead atoms. The van der Waals surface area contributed by atoms with Crippen LogP contribution in [0.3, 0.4) is 0 Å². The molecule has 1 unspecified atom stereocenters. The van der Waals surface area contributed by atoms with Crippen LogP contribution in [0.25, 0.3) is 11.1 Å². The molecule has 0 aliphatic heterocycles. The Morgan fingerprint density at radius 3 is 2.59 bits per heavy atom. The van der Waals surface area contributed by atoms with E-state index in [1.54, 1.807) is 18.0 Å². The maximum atomic E-state index is 11.4. The Hall–Kier alpha value is -1.37. The van der Waals surface area contributed by atoms with Crippen LogP contribution >= 0.6 is 23.3 Å². The lowest BCUT2D eigenvalue weighted by Gasteiger charge is -2.22. The SMILES string of the molecule is CC(NSC(C)(C)C)c1ccc(-c2ccsc2)c([N+](=O)[O-])c1. The second-order valence-electron chi connectivity index (χ2n) is 6.10. The maximum absolute atomic E-state index is 11.4. The van der Waals surface area contributed by atoms with Crippen molar-refractivity contribution in [3.8, 4) is 11.1 Å². The van der Waals surface area contributed by atoms with Gasteiger partial charge in [0.1, 0.15) is 0 Å². The van der Waals surface area contributed by atoms with Crippen molar-refractivity contribution in [1.82, 2.24) is 4.72 Å². The van der Waals surface area contributed by atoms with Crippen molar-refractivity contribution in [3.63, 3.8) is 0 Å². The molecule has 22 heavy (non-hydrogen) atoms. The van der Waals surface area contributed by atoms with Gasteiger partial charge in [0.2, 0.25) is 0 Å². The molecule has 0 amide bonds. The summed E-state index contributed by atoms with van der Waals surface area (Å²) in [6.07, 6.45) is 0. The van der Waals surface area contributed by atoms with E-state index in [0.717, 1.165) is 11.1 Å². The molecule has 0 fully saturated rings. The number of benzene rings is 1. The van der Waals surface area contributed by atoms with Crippen LogP contribution in [0.1, 0.15) is 39.3 Å². The highest BCUT2D eigenvalue weighted by molar-refractivity contribution is 7.98. The van der Waals surface area contributed by atoms with Gasteiger partial charge in [0.25, 0.3) is 5.69 Å². The summed E-state index contributed by atoms with van der Waals surface area (Å²) in [5.41, 5.74) is 2.64. The van der Waals surface area contributed by atoms with E-state index < -0.39 is 0 Å². The molecular formula is C16H20N2O2S2. The molecule has 0 aliphatic rings. The standard InChI is InChI=1S/C16H20N2O2S2/c1-11(17-22-16(2,3)4)12-5-6-14(13-7-8-21-10-13)15(9-12)18(19)20/h5-11,17H,1-4H3. The van der Waals surface area contributed by atoms with E-state index in [0.29, 0.717) is 5.56 Å². The first-order chi connectivity index (χ1) is 10.3. The summed E-state index contributed by atoms with van der Waals surface area (Å²) < 4.78 is 3.45. The van der Waals surface area contributed by atoms with Crippen LogP contribution in [0.5, 0.6) is 0 Å². The summed E-state index contributed by atoms with van der Waals surface area (Å²) >= 11 is 3.17. The molecule has 1 heterocycles. The second kappa shape index (κ2) is 6.81. The quantitative estimate of drug-likeness (QED) is 0.450. The summed E-state index contributed by atoms with van der Waals surface area (Å²) in [6.45, 7) is 8.39. The smallest absolute Gasteiger partial charge is 0.258 e. The zero-order valence-electron chi connectivity index (χ0n) is 13.1. The fourth-order valence-corrected chi connectivity index (χ4v) is 3.29. The zero-order chi connectivity index (χ0) is 16.3. The van der Waals surface area contributed by atoms with Crippen molar-refractivity contribution < 1.29 is 4.92 Å². The fraction of sp³-hybridized carbons (Fsp3) is 0.375. The summed E-state index contributed by atoms with van der Waals surface area (Å²) in [6, 6.07) is 7.42. The lowest BCUT2D eigenvalue weighted by molar-refractivity contribution is -0.384. The van der Waals surface area contributed by atoms with Crippen molar-refractivity contribution in [2.45, 2.75) is 38.5 Å². The number of hydrogen-bond donors (Lipinski definition) is 1. The molecule has 0 saturated carbocycles. The van der Waals surface area contributed by atoms with Gasteiger partial charge in [0.05, 0.1) is 10.5 Å². The Balaban J connectivity index is 2.28. The van der Waals surface area contributed by atoms with Crippen molar-refractivity contribution in [2.75, 3.05) is 0 Å². The molecule has 2 rings (SSSR count). The van der Waals surface area contributed by atoms with Gasteiger partial charge in [-0.05, 0) is 61.7 Å². The first-order valence-electron chi connectivity index (χ1n) is 7.02. The van der Waals surface area contributed by atoms with Crippen molar-refractivity contribution >= 4 is 29.0 Å². The molecule has 1 aromatic heterocycles. The van der Waals surface area contributed by atoms with Gasteiger partial charge in [-0.25, -0.2) is 0 Å². The molecule has 0 aliphatic carbocycles. The summed E-state index contributed by atoms with van der Waals surface area (Å²) in [5, 5.41) is 15.2. The van der Waals surface area contributed by atoms with E-state index in [2.05, 4.69) is 25.5 Å². The minimum atomic E-state index is -0.305. The minimum absolute atomic E-state index is 0.0412. The van der Waals surface area contributed by atoms with Gasteiger partial charge in [0, 0.05) is 16.9 Å². The van der Waals surface area contributed by atoms with Crippen molar-refractivity contribution in [2.24, 2.45) is 0 Å². The second-order valence-corrected chi connectivity index (χ2v) is 8.54. The molecule has 1 aromatic carbocycles. The number of nitro benzene ring substituents is 1. The minimum Gasteiger partial charge on any atom is -0.258 e. The topological polar surface area (TPSA) is 55.2 Å². The monoisotopic (exact) mass is 336 g/mol. The number of thiophene rings is 1. The number of hydrogen-bond acceptors (Lipinski definition) is 5. The van der Waals surface area contributed by atoms with Crippen LogP contribution in [0.15, 0.2) is 35.0 Å². The number of nitro groups is 1. The molecule has 0 radical (unpaired) electrons. The third kappa shape index (κ3) is 4.32. The highest BCUT2D eigenvalue weighted by Crippen LogP contribution is 2.34. The van der Waals surface area contributed by atoms with Crippen LogP contribution < -0.4 is 4.72 Å². The number of rotatable bonds is 5. The Labute approximate surface area is 139 Å². The Kier molecular flexibility index (Phi) is 5.26. The first kappa shape index (κ1) is 17.0. The van der Waals surface area contributed by atoms with E-state index >= 15 is 0 Å². The van der Waals surface area contributed by atoms with E-state index in [-0.39, 0.29) is 21.4 Å². The Bertz CT molecular complexity index is 649. The van der Waals surface area contributed by atoms with Crippen molar-refractivity contribution in [3.05, 3.63) is 50.7 Å². The predicted octanol–water partition coefficient (Wildman–Crippen LogP) is 5.42. The molecule has 1 N–H and O–H groups in total. The molecule has 0 saturated heterocycles. The maximum Gasteiger partial charge on any atom is 0.277 e. The molecule has 0 spiro atoms. The highest BCUT2D eigenvalue weighted by atomic mass is 32.2. The average molecular weight is 336 g/mol. The fourth-order valence-electron chi connectivity index (χ4n) is 1.96. The first-order valence-corrected chi connectivity index (χ1v) is 8.78. The third-order valence-corrected chi connectivity index (χ3v) is 4.86. The molecule has 4 nitrogen and oxygen atoms in total. The Morgan fingerprint density at radius 1 is 1.32 bits per heavy atom. The van der Waals surface area contributed by atoms with Crippen LogP contribution in [0.4, 0.5) is 5.69 Å². The predicted molar refractivity (Wildman–Crippen MR) is 95.3 cm³/mol. The summed E-state index contributed by atoms with van der Waals surface area (Å²) in [7, 11) is 0. The van der Waals surface area contributed by atoms with Gasteiger partial charge in [-0.2, -0.15) is 11.3 Å². The number of nitrogens with zero attached hydrogens (tertiary/aromatic N) is 1. The van der Waals surface area contributed by atoms with Crippen LogP contribution in [0, 0.1) is 10.1 Å². The van der Waals surface area contributed by atoms with E-state index in [9.17, 15) is 10.1 Å². The van der Waals surface area contributed by atoms with Gasteiger partial charge in [-0.1, -0.05) is 18.0 Å². The average Bonchev–Trinajstić information content (AvgIpc) is 2.97. The van der Waals surface area contributed by atoms with Gasteiger partial charge in [0.15, 0.2) is 0 Å². The summed E-state index contributed by atoms with van der Waals surface area (Å²) in [4.78, 5) is 11.1. The van der Waals surface area contributed by atoms with E-state index in [1.807, 2.05) is 35.9 Å².